The van der Waals surface area contributed by atoms with Gasteiger partial charge in [-0.25, -0.2) is 8.78 Å². The van der Waals surface area contributed by atoms with Gasteiger partial charge in [0.1, 0.15) is 24.0 Å². The lowest BCUT2D eigenvalue weighted by Crippen LogP contribution is -1.95. The zero-order valence-corrected chi connectivity index (χ0v) is 10.7. The van der Waals surface area contributed by atoms with E-state index in [1.54, 1.807) is 18.2 Å². The maximum Gasteiger partial charge on any atom is 0.132 e. The molecule has 0 radical (unpaired) electrons. The van der Waals surface area contributed by atoms with Gasteiger partial charge < -0.3 is 4.74 Å². The molecule has 0 N–H and O–H groups in total. The zero-order chi connectivity index (χ0) is 13.2. The molecule has 0 saturated carbocycles. The van der Waals surface area contributed by atoms with E-state index in [-0.39, 0.29) is 18.2 Å². The van der Waals surface area contributed by atoms with E-state index in [9.17, 15) is 8.78 Å². The average Bonchev–Trinajstić information content (AvgIpc) is 2.83. The second kappa shape index (κ2) is 4.97. The van der Waals surface area contributed by atoms with Crippen LogP contribution in [-0.2, 0) is 6.61 Å². The smallest absolute Gasteiger partial charge is 0.132 e. The molecule has 0 saturated heterocycles. The zero-order valence-electron chi connectivity index (χ0n) is 9.90. The lowest BCUT2D eigenvalue weighted by Gasteiger charge is -2.05. The van der Waals surface area contributed by atoms with Gasteiger partial charge in [-0.05, 0) is 41.8 Å². The highest BCUT2D eigenvalue weighted by molar-refractivity contribution is 7.17. The van der Waals surface area contributed by atoms with Crippen LogP contribution in [0.3, 0.4) is 0 Å². The number of benzene rings is 2. The molecule has 4 heteroatoms. The third-order valence-electron chi connectivity index (χ3n) is 2.83. The summed E-state index contributed by atoms with van der Waals surface area (Å²) in [6, 6.07) is 10.8. The van der Waals surface area contributed by atoms with Crippen molar-refractivity contribution in [3.05, 3.63) is 65.0 Å². The average molecular weight is 276 g/mol. The van der Waals surface area contributed by atoms with E-state index in [1.807, 2.05) is 11.4 Å². The molecule has 0 atom stereocenters. The number of hydrogen-bond donors (Lipinski definition) is 0. The van der Waals surface area contributed by atoms with Crippen molar-refractivity contribution in [2.45, 2.75) is 6.61 Å². The number of ether oxygens (including phenoxy) is 1. The van der Waals surface area contributed by atoms with Crippen LogP contribution in [0.25, 0.3) is 10.1 Å². The number of thiophene rings is 1. The van der Waals surface area contributed by atoms with E-state index in [1.165, 1.54) is 29.5 Å². The Morgan fingerprint density at radius 2 is 1.79 bits per heavy atom. The Bertz CT molecular complexity index is 704. The summed E-state index contributed by atoms with van der Waals surface area (Å²) in [5, 5.41) is 2.49. The minimum absolute atomic E-state index is 0.239. The normalized spacial score (nSPS) is 10.8. The van der Waals surface area contributed by atoms with Gasteiger partial charge in [-0.3, -0.25) is 0 Å². The standard InChI is InChI=1S/C15H10F2OS/c16-11-4-6-12(7-5-11)18-8-10-9-19-14-3-1-2-13(17)15(10)14/h1-7,9H,8H2. The lowest BCUT2D eigenvalue weighted by molar-refractivity contribution is 0.307. The van der Waals surface area contributed by atoms with Crippen LogP contribution in [-0.4, -0.2) is 0 Å². The molecule has 96 valence electrons. The van der Waals surface area contributed by atoms with Crippen molar-refractivity contribution in [1.29, 1.82) is 0 Å². The maximum absolute atomic E-state index is 13.8. The molecule has 3 rings (SSSR count). The summed E-state index contributed by atoms with van der Waals surface area (Å²) in [4.78, 5) is 0. The van der Waals surface area contributed by atoms with Crippen molar-refractivity contribution in [1.82, 2.24) is 0 Å². The van der Waals surface area contributed by atoms with Crippen LogP contribution in [0.2, 0.25) is 0 Å². The summed E-state index contributed by atoms with van der Waals surface area (Å²) in [6.07, 6.45) is 0. The maximum atomic E-state index is 13.8. The highest BCUT2D eigenvalue weighted by Crippen LogP contribution is 2.29. The lowest BCUT2D eigenvalue weighted by atomic mass is 10.2. The Kier molecular flexibility index (Phi) is 3.17. The fraction of sp³-hybridized carbons (Fsp3) is 0.0667. The number of rotatable bonds is 3. The second-order valence-corrected chi connectivity index (χ2v) is 5.03. The Hall–Kier alpha value is -1.94. The highest BCUT2D eigenvalue weighted by Gasteiger charge is 2.09. The third-order valence-corrected chi connectivity index (χ3v) is 3.83. The third kappa shape index (κ3) is 2.44. The number of fused-ring (bicyclic) bond motifs is 1. The van der Waals surface area contributed by atoms with E-state index in [4.69, 9.17) is 4.74 Å². The van der Waals surface area contributed by atoms with Gasteiger partial charge in [-0.2, -0.15) is 0 Å². The molecule has 1 nitrogen and oxygen atoms in total. The van der Waals surface area contributed by atoms with Crippen LogP contribution >= 0.6 is 11.3 Å². The molecule has 0 aliphatic carbocycles. The first-order chi connectivity index (χ1) is 9.24. The monoisotopic (exact) mass is 276 g/mol. The summed E-state index contributed by atoms with van der Waals surface area (Å²) in [5.41, 5.74) is 0.808. The molecule has 19 heavy (non-hydrogen) atoms. The van der Waals surface area contributed by atoms with Crippen LogP contribution in [0.5, 0.6) is 5.75 Å². The Morgan fingerprint density at radius 1 is 1.00 bits per heavy atom. The molecule has 0 unspecified atom stereocenters. The van der Waals surface area contributed by atoms with E-state index in [0.717, 1.165) is 10.3 Å². The fourth-order valence-electron chi connectivity index (χ4n) is 1.91. The predicted octanol–water partition coefficient (Wildman–Crippen LogP) is 4.76. The highest BCUT2D eigenvalue weighted by atomic mass is 32.1. The van der Waals surface area contributed by atoms with Gasteiger partial charge >= 0.3 is 0 Å². The molecule has 2 aromatic carbocycles. The van der Waals surface area contributed by atoms with E-state index >= 15 is 0 Å². The largest absolute Gasteiger partial charge is 0.489 e. The van der Waals surface area contributed by atoms with E-state index in [0.29, 0.717) is 11.1 Å². The van der Waals surface area contributed by atoms with Crippen molar-refractivity contribution in [3.8, 4) is 5.75 Å². The number of halogens is 2. The number of hydrogen-bond acceptors (Lipinski definition) is 2. The molecule has 1 aromatic heterocycles. The summed E-state index contributed by atoms with van der Waals surface area (Å²) >= 11 is 1.49. The SMILES string of the molecule is Fc1ccc(OCc2csc3cccc(F)c23)cc1. The van der Waals surface area contributed by atoms with Crippen molar-refractivity contribution in [3.63, 3.8) is 0 Å². The molecular weight excluding hydrogens is 266 g/mol. The predicted molar refractivity (Wildman–Crippen MR) is 72.5 cm³/mol. The van der Waals surface area contributed by atoms with Crippen LogP contribution in [0, 0.1) is 11.6 Å². The van der Waals surface area contributed by atoms with Gasteiger partial charge in [0.2, 0.25) is 0 Å². The van der Waals surface area contributed by atoms with Crippen LogP contribution in [0.15, 0.2) is 47.8 Å². The second-order valence-electron chi connectivity index (χ2n) is 4.12. The Labute approximate surface area is 113 Å². The van der Waals surface area contributed by atoms with Crippen molar-refractivity contribution in [2.75, 3.05) is 0 Å². The van der Waals surface area contributed by atoms with Crippen molar-refractivity contribution >= 4 is 21.4 Å². The van der Waals surface area contributed by atoms with E-state index < -0.39 is 0 Å². The van der Waals surface area contributed by atoms with Crippen molar-refractivity contribution in [2.24, 2.45) is 0 Å². The fourth-order valence-corrected chi connectivity index (χ4v) is 2.86. The van der Waals surface area contributed by atoms with Gasteiger partial charge in [-0.15, -0.1) is 11.3 Å². The minimum Gasteiger partial charge on any atom is -0.489 e. The van der Waals surface area contributed by atoms with Gasteiger partial charge in [-0.1, -0.05) is 6.07 Å². The first-order valence-corrected chi connectivity index (χ1v) is 6.65. The first-order valence-electron chi connectivity index (χ1n) is 5.77. The molecule has 0 aliphatic rings. The van der Waals surface area contributed by atoms with Gasteiger partial charge in [0.15, 0.2) is 0 Å². The molecule has 0 bridgehead atoms. The van der Waals surface area contributed by atoms with E-state index in [2.05, 4.69) is 0 Å². The minimum atomic E-state index is -0.306. The summed E-state index contributed by atoms with van der Waals surface area (Å²) in [7, 11) is 0. The van der Waals surface area contributed by atoms with Gasteiger partial charge in [0.25, 0.3) is 0 Å². The van der Waals surface area contributed by atoms with Crippen LogP contribution < -0.4 is 4.74 Å². The Morgan fingerprint density at radius 3 is 2.58 bits per heavy atom. The topological polar surface area (TPSA) is 9.23 Å². The van der Waals surface area contributed by atoms with Crippen LogP contribution in [0.4, 0.5) is 8.78 Å². The molecule has 3 aromatic rings. The molecule has 0 fully saturated rings. The molecular formula is C15H10F2OS. The van der Waals surface area contributed by atoms with Gasteiger partial charge in [0.05, 0.1) is 0 Å². The summed E-state index contributed by atoms with van der Waals surface area (Å²) in [5.74, 6) is 0.0212. The van der Waals surface area contributed by atoms with Gasteiger partial charge in [0, 0.05) is 15.6 Å². The molecule has 0 aliphatic heterocycles. The van der Waals surface area contributed by atoms with Crippen molar-refractivity contribution < 1.29 is 13.5 Å². The van der Waals surface area contributed by atoms with Crippen LogP contribution in [0.1, 0.15) is 5.56 Å². The molecule has 0 amide bonds. The first kappa shape index (κ1) is 12.1. The summed E-state index contributed by atoms with van der Waals surface area (Å²) < 4.78 is 33.0. The molecule has 0 spiro atoms. The summed E-state index contributed by atoms with van der Waals surface area (Å²) in [6.45, 7) is 0.270. The quantitative estimate of drug-likeness (QED) is 0.670. The molecule has 1 heterocycles. The Balaban J connectivity index is 1.84.